The van der Waals surface area contributed by atoms with Crippen molar-refractivity contribution < 1.29 is 14.0 Å². The van der Waals surface area contributed by atoms with E-state index >= 15 is 0 Å². The molecule has 0 aliphatic carbocycles. The number of nitrogens with zero attached hydrogens (tertiary/aromatic N) is 3. The van der Waals surface area contributed by atoms with Crippen molar-refractivity contribution in [3.63, 3.8) is 0 Å². The molecule has 3 amide bonds. The Morgan fingerprint density at radius 2 is 2.04 bits per heavy atom. The first-order valence-electron chi connectivity index (χ1n) is 7.62. The number of hydrazine groups is 1. The predicted octanol–water partition coefficient (Wildman–Crippen LogP) is 2.12. The van der Waals surface area contributed by atoms with Crippen LogP contribution in [0.4, 0.5) is 9.18 Å². The number of benzene rings is 1. The lowest BCUT2D eigenvalue weighted by molar-refractivity contribution is -0.116. The Labute approximate surface area is 144 Å². The zero-order chi connectivity index (χ0) is 17.3. The van der Waals surface area contributed by atoms with E-state index in [1.165, 1.54) is 21.7 Å². The number of alkyl halides is 1. The van der Waals surface area contributed by atoms with Gasteiger partial charge in [0.25, 0.3) is 5.91 Å². The van der Waals surface area contributed by atoms with E-state index < -0.39 is 6.30 Å². The van der Waals surface area contributed by atoms with Crippen molar-refractivity contribution >= 4 is 23.7 Å². The summed E-state index contributed by atoms with van der Waals surface area (Å²) in [7, 11) is 1.56. The number of carbonyl (C=O) groups is 2. The van der Waals surface area contributed by atoms with Crippen LogP contribution >= 0.6 is 11.8 Å². The number of likely N-dealkylation sites (N-methyl/N-ethyl adjacent to an activating group) is 1. The molecular weight excluding hydrogens is 331 g/mol. The highest BCUT2D eigenvalue weighted by Crippen LogP contribution is 2.35. The van der Waals surface area contributed by atoms with Crippen LogP contribution in [-0.4, -0.2) is 52.6 Å². The Morgan fingerprint density at radius 1 is 1.33 bits per heavy atom. The summed E-state index contributed by atoms with van der Waals surface area (Å²) in [6.45, 7) is 1.96. The summed E-state index contributed by atoms with van der Waals surface area (Å²) < 4.78 is 14.4. The number of thioether (sulfide) groups is 1. The van der Waals surface area contributed by atoms with Crippen LogP contribution in [0.5, 0.6) is 0 Å². The summed E-state index contributed by atoms with van der Waals surface area (Å²) in [5, 5.41) is 5.63. The largest absolute Gasteiger partial charge is 0.355 e. The molecule has 0 aromatic heterocycles. The molecule has 0 spiro atoms. The zero-order valence-corrected chi connectivity index (χ0v) is 14.3. The molecule has 2 aliphatic heterocycles. The number of allylic oxidation sites excluding steroid dienone is 1. The van der Waals surface area contributed by atoms with Gasteiger partial charge in [0.2, 0.25) is 0 Å². The van der Waals surface area contributed by atoms with E-state index in [-0.39, 0.29) is 25.0 Å². The Morgan fingerprint density at radius 3 is 2.71 bits per heavy atom. The summed E-state index contributed by atoms with van der Waals surface area (Å²) in [4.78, 5) is 26.2. The maximum atomic E-state index is 14.4. The molecule has 1 unspecified atom stereocenters. The molecule has 24 heavy (non-hydrogen) atoms. The number of amides is 3. The molecule has 0 saturated carbocycles. The van der Waals surface area contributed by atoms with Crippen LogP contribution in [0.25, 0.3) is 0 Å². The van der Waals surface area contributed by atoms with Crippen LogP contribution < -0.4 is 5.32 Å². The van der Waals surface area contributed by atoms with E-state index in [2.05, 4.69) is 5.32 Å². The molecule has 1 aromatic carbocycles. The Hall–Kier alpha value is -2.22. The van der Waals surface area contributed by atoms with Gasteiger partial charge in [-0.2, -0.15) is 0 Å². The highest BCUT2D eigenvalue weighted by molar-refractivity contribution is 8.04. The number of rotatable bonds is 4. The highest BCUT2D eigenvalue weighted by Gasteiger charge is 2.42. The van der Waals surface area contributed by atoms with Crippen LogP contribution in [0, 0.1) is 0 Å². The summed E-state index contributed by atoms with van der Waals surface area (Å²) in [5.41, 5.74) is 1.55. The van der Waals surface area contributed by atoms with Gasteiger partial charge in [0.05, 0.1) is 29.6 Å². The lowest BCUT2D eigenvalue weighted by atomic mass is 10.2. The lowest BCUT2D eigenvalue weighted by Crippen LogP contribution is -2.42. The van der Waals surface area contributed by atoms with Gasteiger partial charge < -0.3 is 5.32 Å². The zero-order valence-electron chi connectivity index (χ0n) is 13.5. The van der Waals surface area contributed by atoms with E-state index in [1.54, 1.807) is 19.0 Å². The van der Waals surface area contributed by atoms with E-state index in [9.17, 15) is 14.0 Å². The fourth-order valence-corrected chi connectivity index (χ4v) is 3.91. The smallest absolute Gasteiger partial charge is 0.341 e. The Kier molecular flexibility index (Phi) is 4.66. The molecule has 2 heterocycles. The van der Waals surface area contributed by atoms with Gasteiger partial charge in [-0.3, -0.25) is 14.7 Å². The van der Waals surface area contributed by atoms with Gasteiger partial charge in [0.15, 0.2) is 6.30 Å². The number of hydrogen-bond acceptors (Lipinski definition) is 4. The fraction of sp³-hybridized carbons (Fsp3) is 0.375. The summed E-state index contributed by atoms with van der Waals surface area (Å²) in [6.07, 6.45) is -1.38. The van der Waals surface area contributed by atoms with Crippen molar-refractivity contribution in [2.45, 2.75) is 19.8 Å². The number of halogens is 1. The van der Waals surface area contributed by atoms with Crippen LogP contribution in [0.3, 0.4) is 0 Å². The van der Waals surface area contributed by atoms with Gasteiger partial charge in [-0.25, -0.2) is 14.2 Å². The minimum absolute atomic E-state index is 0.0371. The number of carbonyl (C=O) groups excluding carboxylic acids is 2. The molecule has 0 bridgehead atoms. The van der Waals surface area contributed by atoms with E-state index in [1.807, 2.05) is 30.3 Å². The van der Waals surface area contributed by atoms with E-state index in [0.717, 1.165) is 5.56 Å². The molecule has 1 N–H and O–H groups in total. The number of hydrogen-bond donors (Lipinski definition) is 1. The van der Waals surface area contributed by atoms with Gasteiger partial charge >= 0.3 is 6.03 Å². The maximum absolute atomic E-state index is 14.4. The van der Waals surface area contributed by atoms with E-state index in [0.29, 0.717) is 16.5 Å². The minimum Gasteiger partial charge on any atom is -0.355 e. The molecule has 1 saturated heterocycles. The van der Waals surface area contributed by atoms with Crippen LogP contribution in [0.15, 0.2) is 40.9 Å². The first-order chi connectivity index (χ1) is 11.5. The third-order valence-corrected chi connectivity index (χ3v) is 5.24. The Balaban J connectivity index is 1.76. The third kappa shape index (κ3) is 2.93. The van der Waals surface area contributed by atoms with Crippen molar-refractivity contribution in [3.05, 3.63) is 46.5 Å². The molecule has 2 aliphatic rings. The van der Waals surface area contributed by atoms with Crippen LogP contribution in [-0.2, 0) is 11.3 Å². The van der Waals surface area contributed by atoms with Gasteiger partial charge in [0.1, 0.15) is 0 Å². The SMILES string of the molecule is CNC(=O)C1=C(C)N(N2CC(F)N(Cc3ccccc3)C2=O)CS1. The second-order valence-electron chi connectivity index (χ2n) is 5.58. The van der Waals surface area contributed by atoms with Crippen molar-refractivity contribution in [2.24, 2.45) is 0 Å². The summed E-state index contributed by atoms with van der Waals surface area (Å²) >= 11 is 1.35. The monoisotopic (exact) mass is 350 g/mol. The average molecular weight is 350 g/mol. The van der Waals surface area contributed by atoms with E-state index in [4.69, 9.17) is 0 Å². The maximum Gasteiger partial charge on any atom is 0.341 e. The van der Waals surface area contributed by atoms with Crippen molar-refractivity contribution in [1.82, 2.24) is 20.2 Å². The Bertz CT molecular complexity index is 682. The highest BCUT2D eigenvalue weighted by atomic mass is 32.2. The quantitative estimate of drug-likeness (QED) is 0.845. The molecular formula is C16H19FN4O2S. The van der Waals surface area contributed by atoms with Gasteiger partial charge in [-0.15, -0.1) is 0 Å². The summed E-state index contributed by atoms with van der Waals surface area (Å²) in [6, 6.07) is 8.95. The topological polar surface area (TPSA) is 55.9 Å². The molecule has 128 valence electrons. The van der Waals surface area contributed by atoms with Gasteiger partial charge in [0, 0.05) is 7.05 Å². The molecule has 0 radical (unpaired) electrons. The molecule has 8 heteroatoms. The van der Waals surface area contributed by atoms with Crippen LogP contribution in [0.1, 0.15) is 12.5 Å². The van der Waals surface area contributed by atoms with Gasteiger partial charge in [-0.1, -0.05) is 42.1 Å². The normalized spacial score (nSPS) is 21.0. The van der Waals surface area contributed by atoms with Crippen molar-refractivity contribution in [3.8, 4) is 0 Å². The number of nitrogens with one attached hydrogen (secondary N) is 1. The first kappa shape index (κ1) is 16.6. The second-order valence-corrected chi connectivity index (χ2v) is 6.53. The molecule has 1 atom stereocenters. The molecule has 1 fully saturated rings. The lowest BCUT2D eigenvalue weighted by Gasteiger charge is -2.29. The number of urea groups is 1. The third-order valence-electron chi connectivity index (χ3n) is 4.10. The molecule has 3 rings (SSSR count). The fourth-order valence-electron chi connectivity index (χ4n) is 2.77. The molecule has 6 nitrogen and oxygen atoms in total. The van der Waals surface area contributed by atoms with Crippen LogP contribution in [0.2, 0.25) is 0 Å². The van der Waals surface area contributed by atoms with Crippen molar-refractivity contribution in [1.29, 1.82) is 0 Å². The summed E-state index contributed by atoms with van der Waals surface area (Å²) in [5.74, 6) is 0.233. The second kappa shape index (κ2) is 6.72. The first-order valence-corrected chi connectivity index (χ1v) is 8.61. The predicted molar refractivity (Wildman–Crippen MR) is 90.0 cm³/mol. The molecule has 1 aromatic rings. The average Bonchev–Trinajstić information content (AvgIpc) is 3.10. The standard InChI is InChI=1S/C16H19FN4O2S/c1-11-14(15(22)18-2)24-10-21(11)20-9-13(17)19(16(20)23)8-12-6-4-3-5-7-12/h3-7,13H,8-10H2,1-2H3,(H,18,22). The van der Waals surface area contributed by atoms with Crippen molar-refractivity contribution in [2.75, 3.05) is 19.5 Å². The van der Waals surface area contributed by atoms with Gasteiger partial charge in [-0.05, 0) is 12.5 Å². The minimum atomic E-state index is -1.38.